The molecule has 0 spiro atoms. The zero-order chi connectivity index (χ0) is 12.7. The van der Waals surface area contributed by atoms with Gasteiger partial charge in [-0.15, -0.1) is 0 Å². The van der Waals surface area contributed by atoms with Gasteiger partial charge in [0, 0.05) is 24.7 Å². The smallest absolute Gasteiger partial charge is 0.0900 e. The molecule has 0 aromatic heterocycles. The van der Waals surface area contributed by atoms with E-state index in [4.69, 9.17) is 16.3 Å². The quantitative estimate of drug-likeness (QED) is 0.813. The average Bonchev–Trinajstić information content (AvgIpc) is 2.29. The third-order valence-corrected chi connectivity index (χ3v) is 2.65. The SMILES string of the molecule is CCOCC(O)CN(C)Cc1ccc(Cl)cc1. The summed E-state index contributed by atoms with van der Waals surface area (Å²) in [6, 6.07) is 7.74. The van der Waals surface area contributed by atoms with Gasteiger partial charge in [-0.2, -0.15) is 0 Å². The molecule has 1 rings (SSSR count). The molecule has 0 aliphatic rings. The van der Waals surface area contributed by atoms with E-state index in [2.05, 4.69) is 4.90 Å². The van der Waals surface area contributed by atoms with Gasteiger partial charge in [-0.05, 0) is 31.7 Å². The van der Waals surface area contributed by atoms with Gasteiger partial charge < -0.3 is 9.84 Å². The zero-order valence-electron chi connectivity index (χ0n) is 10.4. The molecule has 3 nitrogen and oxygen atoms in total. The van der Waals surface area contributed by atoms with E-state index in [0.29, 0.717) is 19.8 Å². The highest BCUT2D eigenvalue weighted by Gasteiger charge is 2.08. The van der Waals surface area contributed by atoms with Crippen molar-refractivity contribution in [2.24, 2.45) is 0 Å². The lowest BCUT2D eigenvalue weighted by Crippen LogP contribution is -2.31. The highest BCUT2D eigenvalue weighted by Crippen LogP contribution is 2.11. The molecule has 1 unspecified atom stereocenters. The minimum atomic E-state index is -0.438. The number of halogens is 1. The van der Waals surface area contributed by atoms with Crippen LogP contribution in [0.1, 0.15) is 12.5 Å². The number of hydrogen-bond acceptors (Lipinski definition) is 3. The number of aliphatic hydroxyl groups excluding tert-OH is 1. The molecule has 0 aliphatic heterocycles. The van der Waals surface area contributed by atoms with Crippen LogP contribution in [0.5, 0.6) is 0 Å². The zero-order valence-corrected chi connectivity index (χ0v) is 11.2. The topological polar surface area (TPSA) is 32.7 Å². The van der Waals surface area contributed by atoms with E-state index < -0.39 is 6.10 Å². The molecular weight excluding hydrogens is 238 g/mol. The number of hydrogen-bond donors (Lipinski definition) is 1. The van der Waals surface area contributed by atoms with Gasteiger partial charge in [0.15, 0.2) is 0 Å². The summed E-state index contributed by atoms with van der Waals surface area (Å²) in [5.74, 6) is 0. The van der Waals surface area contributed by atoms with Gasteiger partial charge in [0.25, 0.3) is 0 Å². The summed E-state index contributed by atoms with van der Waals surface area (Å²) in [5, 5.41) is 10.4. The number of rotatable bonds is 7. The Labute approximate surface area is 108 Å². The highest BCUT2D eigenvalue weighted by molar-refractivity contribution is 6.30. The van der Waals surface area contributed by atoms with Crippen LogP contribution in [-0.2, 0) is 11.3 Å². The number of nitrogens with zero attached hydrogens (tertiary/aromatic N) is 1. The summed E-state index contributed by atoms with van der Waals surface area (Å²) in [7, 11) is 1.98. The van der Waals surface area contributed by atoms with Gasteiger partial charge in [-0.3, -0.25) is 4.90 Å². The van der Waals surface area contributed by atoms with Crippen molar-refractivity contribution in [3.8, 4) is 0 Å². The summed E-state index contributed by atoms with van der Waals surface area (Å²) in [6.07, 6.45) is -0.438. The first-order valence-corrected chi connectivity index (χ1v) is 6.18. The molecule has 0 saturated carbocycles. The fraction of sp³-hybridized carbons (Fsp3) is 0.538. The monoisotopic (exact) mass is 257 g/mol. The fourth-order valence-electron chi connectivity index (χ4n) is 1.63. The lowest BCUT2D eigenvalue weighted by atomic mass is 10.2. The first kappa shape index (κ1) is 14.5. The standard InChI is InChI=1S/C13H20ClNO2/c1-3-17-10-13(16)9-15(2)8-11-4-6-12(14)7-5-11/h4-7,13,16H,3,8-10H2,1-2H3. The van der Waals surface area contributed by atoms with Gasteiger partial charge in [-0.25, -0.2) is 0 Å². The predicted octanol–water partition coefficient (Wildman–Crippen LogP) is 2.17. The number of ether oxygens (including phenoxy) is 1. The van der Waals surface area contributed by atoms with E-state index in [9.17, 15) is 5.11 Å². The van der Waals surface area contributed by atoms with E-state index in [1.54, 1.807) is 0 Å². The van der Waals surface area contributed by atoms with Gasteiger partial charge in [0.2, 0.25) is 0 Å². The Kier molecular flexibility index (Phi) is 6.52. The molecule has 4 heteroatoms. The van der Waals surface area contributed by atoms with Crippen LogP contribution in [0.3, 0.4) is 0 Å². The first-order chi connectivity index (χ1) is 8.11. The Morgan fingerprint density at radius 1 is 1.35 bits per heavy atom. The van der Waals surface area contributed by atoms with Crippen molar-refractivity contribution >= 4 is 11.6 Å². The predicted molar refractivity (Wildman–Crippen MR) is 70.3 cm³/mol. The van der Waals surface area contributed by atoms with Crippen LogP contribution in [-0.4, -0.2) is 42.9 Å². The summed E-state index contributed by atoms with van der Waals surface area (Å²) in [6.45, 7) is 4.34. The molecule has 0 saturated heterocycles. The highest BCUT2D eigenvalue weighted by atomic mass is 35.5. The van der Waals surface area contributed by atoms with Crippen LogP contribution >= 0.6 is 11.6 Å². The molecule has 1 atom stereocenters. The molecule has 1 aromatic rings. The summed E-state index contributed by atoms with van der Waals surface area (Å²) in [5.41, 5.74) is 1.18. The molecule has 0 heterocycles. The summed E-state index contributed by atoms with van der Waals surface area (Å²) in [4.78, 5) is 2.06. The van der Waals surface area contributed by atoms with Crippen LogP contribution in [0, 0.1) is 0 Å². The normalized spacial score (nSPS) is 13.0. The first-order valence-electron chi connectivity index (χ1n) is 5.80. The lowest BCUT2D eigenvalue weighted by molar-refractivity contribution is 0.0244. The molecule has 0 bridgehead atoms. The Bertz CT molecular complexity index is 316. The van der Waals surface area contributed by atoms with Gasteiger partial charge in [-0.1, -0.05) is 23.7 Å². The van der Waals surface area contributed by atoms with Crippen molar-refractivity contribution in [1.29, 1.82) is 0 Å². The minimum Gasteiger partial charge on any atom is -0.389 e. The third kappa shape index (κ3) is 6.03. The largest absolute Gasteiger partial charge is 0.389 e. The number of likely N-dealkylation sites (N-methyl/N-ethyl adjacent to an activating group) is 1. The molecule has 17 heavy (non-hydrogen) atoms. The second-order valence-corrected chi connectivity index (χ2v) is 4.57. The van der Waals surface area contributed by atoms with Crippen molar-refractivity contribution in [2.75, 3.05) is 26.8 Å². The van der Waals surface area contributed by atoms with Crippen molar-refractivity contribution < 1.29 is 9.84 Å². The second kappa shape index (κ2) is 7.67. The summed E-state index contributed by atoms with van der Waals surface area (Å²) >= 11 is 5.82. The average molecular weight is 258 g/mol. The van der Waals surface area contributed by atoms with Gasteiger partial charge in [0.05, 0.1) is 12.7 Å². The maximum atomic E-state index is 9.69. The van der Waals surface area contributed by atoms with Crippen molar-refractivity contribution in [1.82, 2.24) is 4.90 Å². The molecule has 0 fully saturated rings. The molecule has 0 amide bonds. The Hall–Kier alpha value is -0.610. The molecule has 1 aromatic carbocycles. The third-order valence-electron chi connectivity index (χ3n) is 2.40. The Balaban J connectivity index is 2.33. The Morgan fingerprint density at radius 2 is 2.00 bits per heavy atom. The van der Waals surface area contributed by atoms with E-state index in [1.807, 2.05) is 38.2 Å². The molecule has 0 aliphatic carbocycles. The minimum absolute atomic E-state index is 0.390. The number of benzene rings is 1. The van der Waals surface area contributed by atoms with E-state index in [-0.39, 0.29) is 0 Å². The molecular formula is C13H20ClNO2. The maximum Gasteiger partial charge on any atom is 0.0900 e. The van der Waals surface area contributed by atoms with Crippen LogP contribution < -0.4 is 0 Å². The van der Waals surface area contributed by atoms with Crippen molar-refractivity contribution in [2.45, 2.75) is 19.6 Å². The van der Waals surface area contributed by atoms with Crippen LogP contribution in [0.2, 0.25) is 5.02 Å². The number of aliphatic hydroxyl groups is 1. The van der Waals surface area contributed by atoms with Crippen LogP contribution in [0.4, 0.5) is 0 Å². The maximum absolute atomic E-state index is 9.69. The van der Waals surface area contributed by atoms with E-state index in [1.165, 1.54) is 5.56 Å². The van der Waals surface area contributed by atoms with E-state index in [0.717, 1.165) is 11.6 Å². The van der Waals surface area contributed by atoms with Gasteiger partial charge >= 0.3 is 0 Å². The Morgan fingerprint density at radius 3 is 2.59 bits per heavy atom. The second-order valence-electron chi connectivity index (χ2n) is 4.14. The summed E-state index contributed by atoms with van der Waals surface area (Å²) < 4.78 is 5.17. The fourth-order valence-corrected chi connectivity index (χ4v) is 1.76. The van der Waals surface area contributed by atoms with Crippen molar-refractivity contribution in [3.63, 3.8) is 0 Å². The molecule has 1 N–H and O–H groups in total. The van der Waals surface area contributed by atoms with Gasteiger partial charge in [0.1, 0.15) is 0 Å². The van der Waals surface area contributed by atoms with Crippen molar-refractivity contribution in [3.05, 3.63) is 34.9 Å². The molecule has 96 valence electrons. The van der Waals surface area contributed by atoms with E-state index >= 15 is 0 Å². The van der Waals surface area contributed by atoms with Crippen LogP contribution in [0.25, 0.3) is 0 Å². The van der Waals surface area contributed by atoms with Crippen LogP contribution in [0.15, 0.2) is 24.3 Å². The lowest BCUT2D eigenvalue weighted by Gasteiger charge is -2.20. The molecule has 0 radical (unpaired) electrons.